The fourth-order valence-corrected chi connectivity index (χ4v) is 15.4. The second-order valence-electron chi connectivity index (χ2n) is 40.9. The van der Waals surface area contributed by atoms with Crippen LogP contribution in [0.5, 0.6) is 0 Å². The van der Waals surface area contributed by atoms with E-state index >= 15 is 0 Å². The summed E-state index contributed by atoms with van der Waals surface area (Å²) in [4.78, 5) is 37.2. The minimum Gasteiger partial charge on any atom is -0.395 e. The number of aliphatic hydroxyl groups is 5. The molecule has 0 aromatic rings. The maximum absolute atomic E-state index is 10.8. The Kier molecular flexibility index (Phi) is 112. The Labute approximate surface area is 783 Å². The maximum Gasteiger partial charge on any atom is 0.220 e. The summed E-state index contributed by atoms with van der Waals surface area (Å²) in [5.74, 6) is 8.73. The molecule has 0 aromatic heterocycles. The summed E-state index contributed by atoms with van der Waals surface area (Å²) in [6.45, 7) is 91.6. The number of rotatable bonds is 22. The molecule has 0 unspecified atom stereocenters. The Bertz CT molecular complexity index is 2030. The number of likely N-dealkylation sites (tertiary alicyclic amines) is 2. The van der Waals surface area contributed by atoms with Crippen molar-refractivity contribution in [2.24, 2.45) is 65.1 Å². The highest BCUT2D eigenvalue weighted by Crippen LogP contribution is 2.26. The van der Waals surface area contributed by atoms with Crippen LogP contribution in [0.4, 0.5) is 0 Å². The molecule has 9 heterocycles. The third kappa shape index (κ3) is 101. The number of amides is 3. The van der Waals surface area contributed by atoms with E-state index in [1.165, 1.54) is 135 Å². The van der Waals surface area contributed by atoms with Gasteiger partial charge in [-0.3, -0.25) is 19.3 Å². The zero-order valence-electron chi connectivity index (χ0n) is 91.5. The number of carbonyl (C=O) groups excluding carboxylic acids is 3. The van der Waals surface area contributed by atoms with Crippen LogP contribution in [0.3, 0.4) is 0 Å². The maximum atomic E-state index is 10.8. The van der Waals surface area contributed by atoms with Crippen molar-refractivity contribution < 1.29 is 39.9 Å². The lowest BCUT2D eigenvalue weighted by Crippen LogP contribution is -2.34. The van der Waals surface area contributed by atoms with Crippen LogP contribution in [0, 0.1) is 65.1 Å². The molecule has 0 bridgehead atoms. The van der Waals surface area contributed by atoms with Gasteiger partial charge in [0.05, 0.1) is 32.0 Å². The molecule has 0 aromatic carbocycles. The van der Waals surface area contributed by atoms with Crippen molar-refractivity contribution in [3.63, 3.8) is 0 Å². The Morgan fingerprint density at radius 2 is 0.632 bits per heavy atom. The monoisotopic (exact) mass is 1790 g/mol. The van der Waals surface area contributed by atoms with Gasteiger partial charge in [0.25, 0.3) is 0 Å². The van der Waals surface area contributed by atoms with E-state index in [9.17, 15) is 14.4 Å². The molecule has 9 aliphatic heterocycles. The second-order valence-corrected chi connectivity index (χ2v) is 40.9. The Morgan fingerprint density at radius 1 is 0.360 bits per heavy atom. The van der Waals surface area contributed by atoms with Crippen molar-refractivity contribution in [3.05, 3.63) is 0 Å². The highest BCUT2D eigenvalue weighted by atomic mass is 16.3. The summed E-state index contributed by atoms with van der Waals surface area (Å²) in [6.07, 6.45) is 33.3. The van der Waals surface area contributed by atoms with Crippen LogP contribution in [0.1, 0.15) is 443 Å². The van der Waals surface area contributed by atoms with Crippen molar-refractivity contribution >= 4 is 17.7 Å². The predicted octanol–water partition coefficient (Wildman–Crippen LogP) is 22.2. The van der Waals surface area contributed by atoms with E-state index in [4.69, 9.17) is 25.5 Å². The number of carbonyl (C=O) groups is 3. The van der Waals surface area contributed by atoms with Crippen LogP contribution >= 0.6 is 0 Å². The molecule has 0 radical (unpaired) electrons. The molecule has 0 spiro atoms. The summed E-state index contributed by atoms with van der Waals surface area (Å²) in [7, 11) is 2.25. The summed E-state index contributed by atoms with van der Waals surface area (Å²) in [6, 6.07) is 5.85. The van der Waals surface area contributed by atoms with Crippen LogP contribution in [-0.2, 0) is 14.4 Å². The van der Waals surface area contributed by atoms with E-state index in [2.05, 4.69) is 314 Å². The fourth-order valence-electron chi connectivity index (χ4n) is 15.4. The lowest BCUT2D eigenvalue weighted by molar-refractivity contribution is -0.120. The fraction of sp³-hybridized carbons (Fsp3) is 0.972. The molecule has 762 valence electrons. The van der Waals surface area contributed by atoms with Gasteiger partial charge >= 0.3 is 0 Å². The highest BCUT2D eigenvalue weighted by Gasteiger charge is 2.30. The van der Waals surface area contributed by atoms with Gasteiger partial charge in [-0.15, -0.1) is 0 Å². The van der Waals surface area contributed by atoms with Crippen LogP contribution < -0.4 is 47.9 Å². The van der Waals surface area contributed by atoms with Crippen molar-refractivity contribution in [2.75, 3.05) is 85.8 Å². The molecule has 3 amide bonds. The minimum absolute atomic E-state index is 0.0806. The number of hydrogen-bond donors (Lipinski definition) is 14. The molecule has 15 atom stereocenters. The van der Waals surface area contributed by atoms with Gasteiger partial charge in [0, 0.05) is 119 Å². The van der Waals surface area contributed by atoms with Gasteiger partial charge in [0.2, 0.25) is 17.7 Å². The number of nitrogens with zero attached hydrogens (tertiary/aromatic N) is 2. The average Bonchev–Trinajstić information content (AvgIpc) is 1.76. The molecular weight excluding hydrogens is 1560 g/mol. The van der Waals surface area contributed by atoms with Gasteiger partial charge < -0.3 is 78.3 Å². The third-order valence-electron chi connectivity index (χ3n) is 20.4. The van der Waals surface area contributed by atoms with Crippen LogP contribution in [0.15, 0.2) is 0 Å². The molecule has 14 N–H and O–H groups in total. The van der Waals surface area contributed by atoms with Gasteiger partial charge in [-0.1, -0.05) is 307 Å². The molecule has 9 saturated heterocycles. The lowest BCUT2D eigenvalue weighted by atomic mass is 9.94. The van der Waals surface area contributed by atoms with Crippen LogP contribution in [-0.4, -0.2) is 217 Å². The van der Waals surface area contributed by atoms with Crippen molar-refractivity contribution in [1.29, 1.82) is 0 Å². The number of β-amino-alcohol motifs (C(OH)–C–C–N with tert-alkyl or cyclic N) is 3. The van der Waals surface area contributed by atoms with E-state index in [1.807, 2.05) is 0 Å². The Hall–Kier alpha value is -2.11. The first-order valence-electron chi connectivity index (χ1n) is 52.7. The first kappa shape index (κ1) is 141. The van der Waals surface area contributed by atoms with Gasteiger partial charge in [-0.05, 0) is 214 Å². The SMILES string of the molecule is CC(=O)N[C@@H]1CN[C@H](CC(C)C)C1.CC(=O)N[C@H]1CN[C@H](CC(C)C)C1.CC(C)C[C@@H]1C[C@@H](O)CN1.CC(C)C[C@@H]1C[C@H](O)CN1.CC(C)C[C@H]1CCC(=O)N1.CC(C)C[C@H]1CCCN1C.CC(C)C[C@H]1CCCN1CCO.CC(C)[C@@H]1CN[C@H](CO)C1.CC(C)[C@H]1CN[C@H](CO)C1.CCC.CCC.CCC.CCC.CCC.CCC.CCC.CCC.CCC. The standard InChI is InChI=1S/2C10H20N2O.C10H21NO.C9H19N.4C8H17NO.C8H15NO.9C3H8/c2*1-7(2)4-9-5-10(6-11-9)12-8(3)13;1-9(2)8-10-4-3-5-11(10)6-7-12;1-8(2)7-9-5-4-6-10(9)3;2*1-6(2)7-3-8(5-10)9-4-7;2*1-6(2)3-7-4-8(10)5-9-7;1-6(2)5-7-3-4-8(10)9-7;9*1-3-2/h2*7,9-11H,4-6H2,1-3H3,(H,12,13);9-10,12H,3-8H2,1-2H3;8-9H,4-7H2,1-3H3;4*6-10H,3-5H2,1-2H3;6-7H,3-5H2,1-2H3,(H,9,10);9*3H2,1-2H3/t9-,10+;9-,10-;10-;9-;7-,8+;7-,8-;7-,8+;7-,8-;7-;;;;;;;;;/m111110111........./s1. The van der Waals surface area contributed by atoms with Crippen LogP contribution in [0.2, 0.25) is 0 Å². The topological polar surface area (TPSA) is 267 Å². The zero-order chi connectivity index (χ0) is 98.4. The molecule has 9 rings (SSSR count). The quantitative estimate of drug-likeness (QED) is 0.0480. The summed E-state index contributed by atoms with van der Waals surface area (Å²) < 4.78 is 0. The van der Waals surface area contributed by atoms with Gasteiger partial charge in [-0.2, -0.15) is 0 Å². The average molecular weight is 1790 g/mol. The van der Waals surface area contributed by atoms with Gasteiger partial charge in [-0.25, -0.2) is 0 Å². The third-order valence-corrected chi connectivity index (χ3v) is 20.4. The van der Waals surface area contributed by atoms with E-state index in [0.29, 0.717) is 80.1 Å². The van der Waals surface area contributed by atoms with E-state index in [0.717, 1.165) is 175 Å². The minimum atomic E-state index is -0.0938. The van der Waals surface area contributed by atoms with Crippen molar-refractivity contribution in [1.82, 2.24) is 57.7 Å². The molecule has 0 aliphatic carbocycles. The van der Waals surface area contributed by atoms with Crippen LogP contribution in [0.25, 0.3) is 0 Å². The summed E-state index contributed by atoms with van der Waals surface area (Å²) in [5.41, 5.74) is 0. The first-order chi connectivity index (χ1) is 58.8. The normalized spacial score (nSPS) is 24.6. The van der Waals surface area contributed by atoms with Crippen molar-refractivity contribution in [2.45, 2.75) is 522 Å². The molecule has 125 heavy (non-hydrogen) atoms. The Balaban J connectivity index is -0.000000167. The number of hydrogen-bond acceptors (Lipinski definition) is 16. The molecular formula is C106H235N11O8. The first-order valence-corrected chi connectivity index (χ1v) is 52.7. The molecule has 9 aliphatic rings. The molecule has 19 heteroatoms. The second kappa shape index (κ2) is 99.4. The van der Waals surface area contributed by atoms with Crippen molar-refractivity contribution in [3.8, 4) is 0 Å². The highest BCUT2D eigenvalue weighted by molar-refractivity contribution is 5.78. The van der Waals surface area contributed by atoms with E-state index in [-0.39, 0.29) is 29.9 Å². The molecule has 0 saturated carbocycles. The summed E-state index contributed by atoms with van der Waals surface area (Å²) >= 11 is 0. The Morgan fingerprint density at radius 3 is 0.856 bits per heavy atom. The van der Waals surface area contributed by atoms with E-state index in [1.54, 1.807) is 13.8 Å². The zero-order valence-corrected chi connectivity index (χ0v) is 91.5. The van der Waals surface area contributed by atoms with Gasteiger partial charge in [0.15, 0.2) is 0 Å². The number of nitrogens with one attached hydrogen (secondary N) is 9. The smallest absolute Gasteiger partial charge is 0.220 e. The van der Waals surface area contributed by atoms with E-state index < -0.39 is 0 Å². The molecule has 9 fully saturated rings. The lowest BCUT2D eigenvalue weighted by Gasteiger charge is -2.24. The molecule has 19 nitrogen and oxygen atoms in total. The predicted molar refractivity (Wildman–Crippen MR) is 555 cm³/mol. The number of aliphatic hydroxyl groups excluding tert-OH is 5. The summed E-state index contributed by atoms with van der Waals surface area (Å²) in [5, 5.41) is 73.6. The largest absolute Gasteiger partial charge is 0.395 e. The van der Waals surface area contributed by atoms with Gasteiger partial charge in [0.1, 0.15) is 0 Å².